The lowest BCUT2D eigenvalue weighted by Gasteiger charge is -2.24. The van der Waals surface area contributed by atoms with Crippen LogP contribution >= 0.6 is 0 Å². The van der Waals surface area contributed by atoms with Crippen molar-refractivity contribution in [2.24, 2.45) is 11.3 Å². The van der Waals surface area contributed by atoms with E-state index in [9.17, 15) is 9.50 Å². The number of hydrogen-bond acceptors (Lipinski definition) is 2. The summed E-state index contributed by atoms with van der Waals surface area (Å²) < 4.78 is 18.7. The first-order valence-electron chi connectivity index (χ1n) is 7.12. The van der Waals surface area contributed by atoms with Gasteiger partial charge in [-0.25, -0.2) is 4.39 Å². The Morgan fingerprint density at radius 3 is 2.60 bits per heavy atom. The second kappa shape index (κ2) is 5.57. The van der Waals surface area contributed by atoms with Gasteiger partial charge in [0.05, 0.1) is 0 Å². The Bertz CT molecular complexity index is 580. The van der Waals surface area contributed by atoms with Crippen LogP contribution in [0.4, 0.5) is 4.39 Å². The number of halogens is 1. The normalized spacial score (nSPS) is 15.5. The smallest absolute Gasteiger partial charge is 0.134 e. The molecule has 0 bridgehead atoms. The Balaban J connectivity index is 2.09. The van der Waals surface area contributed by atoms with E-state index in [-0.39, 0.29) is 11.2 Å². The van der Waals surface area contributed by atoms with Crippen LogP contribution in [0.3, 0.4) is 0 Å². The van der Waals surface area contributed by atoms with Crippen LogP contribution in [-0.2, 0) is 0 Å². The van der Waals surface area contributed by atoms with E-state index in [1.165, 1.54) is 12.1 Å². The molecule has 0 aliphatic heterocycles. The molecular weight excluding hydrogens is 255 g/mol. The lowest BCUT2D eigenvalue weighted by Crippen LogP contribution is -2.13. The summed E-state index contributed by atoms with van der Waals surface area (Å²) in [5, 5.41) is 11.0. The van der Waals surface area contributed by atoms with E-state index in [1.54, 1.807) is 12.1 Å². The minimum absolute atomic E-state index is 0.246. The van der Waals surface area contributed by atoms with Crippen LogP contribution in [0.5, 0.6) is 0 Å². The first-order chi connectivity index (χ1) is 9.24. The van der Waals surface area contributed by atoms with Crippen molar-refractivity contribution in [3.63, 3.8) is 0 Å². The predicted octanol–water partition coefficient (Wildman–Crippen LogP) is 5.07. The first-order valence-corrected chi connectivity index (χ1v) is 7.12. The third-order valence-corrected chi connectivity index (χ3v) is 3.41. The number of fused-ring (bicyclic) bond motifs is 1. The van der Waals surface area contributed by atoms with Crippen molar-refractivity contribution >= 4 is 11.0 Å². The maximum absolute atomic E-state index is 13.1. The van der Waals surface area contributed by atoms with Gasteiger partial charge in [0, 0.05) is 5.39 Å². The van der Waals surface area contributed by atoms with Gasteiger partial charge in [0.25, 0.3) is 0 Å². The van der Waals surface area contributed by atoms with E-state index >= 15 is 0 Å². The van der Waals surface area contributed by atoms with Gasteiger partial charge in [0.1, 0.15) is 23.3 Å². The molecule has 0 spiro atoms. The first kappa shape index (κ1) is 15.0. The molecule has 2 atom stereocenters. The topological polar surface area (TPSA) is 33.4 Å². The maximum atomic E-state index is 13.1. The van der Waals surface area contributed by atoms with Gasteiger partial charge in [-0.15, -0.1) is 0 Å². The summed E-state index contributed by atoms with van der Waals surface area (Å²) >= 11 is 0. The number of rotatable bonds is 4. The van der Waals surface area contributed by atoms with Crippen LogP contribution in [0.15, 0.2) is 28.7 Å². The quantitative estimate of drug-likeness (QED) is 0.847. The van der Waals surface area contributed by atoms with Crippen LogP contribution < -0.4 is 0 Å². The van der Waals surface area contributed by atoms with E-state index in [0.29, 0.717) is 29.1 Å². The summed E-state index contributed by atoms with van der Waals surface area (Å²) in [5.74, 6) is 0.627. The highest BCUT2D eigenvalue weighted by Crippen LogP contribution is 2.32. The zero-order chi connectivity index (χ0) is 14.9. The fourth-order valence-corrected chi connectivity index (χ4v) is 2.82. The summed E-state index contributed by atoms with van der Waals surface area (Å²) in [6, 6.07) is 6.12. The fourth-order valence-electron chi connectivity index (χ4n) is 2.82. The number of benzene rings is 1. The van der Waals surface area contributed by atoms with Crippen molar-refractivity contribution in [2.45, 2.75) is 46.6 Å². The average molecular weight is 278 g/mol. The number of aliphatic hydroxyl groups excluding tert-OH is 1. The number of furan rings is 1. The van der Waals surface area contributed by atoms with E-state index in [1.807, 2.05) is 0 Å². The molecule has 20 heavy (non-hydrogen) atoms. The minimum Gasteiger partial charge on any atom is -0.458 e. The SMILES string of the molecule is CC(CC(O)c1cc2cc(F)ccc2o1)CC(C)(C)C. The highest BCUT2D eigenvalue weighted by molar-refractivity contribution is 5.77. The molecule has 110 valence electrons. The standard InChI is InChI=1S/C17H23FO2/c1-11(10-17(2,3)4)7-14(19)16-9-12-8-13(18)5-6-15(12)20-16/h5-6,8-9,11,14,19H,7,10H2,1-4H3. The van der Waals surface area contributed by atoms with Crippen molar-refractivity contribution < 1.29 is 13.9 Å². The number of aliphatic hydroxyl groups is 1. The monoisotopic (exact) mass is 278 g/mol. The van der Waals surface area contributed by atoms with Crippen LogP contribution in [0.2, 0.25) is 0 Å². The predicted molar refractivity (Wildman–Crippen MR) is 79.0 cm³/mol. The van der Waals surface area contributed by atoms with Crippen LogP contribution in [0, 0.1) is 17.2 Å². The summed E-state index contributed by atoms with van der Waals surface area (Å²) in [6.07, 6.45) is 1.06. The lowest BCUT2D eigenvalue weighted by atomic mass is 9.83. The molecule has 2 aromatic rings. The summed E-state index contributed by atoms with van der Waals surface area (Å²) in [7, 11) is 0. The zero-order valence-electron chi connectivity index (χ0n) is 12.6. The van der Waals surface area contributed by atoms with E-state index in [4.69, 9.17) is 4.42 Å². The molecule has 0 fully saturated rings. The summed E-state index contributed by atoms with van der Waals surface area (Å²) in [4.78, 5) is 0. The van der Waals surface area contributed by atoms with Gasteiger partial charge in [-0.05, 0) is 48.4 Å². The Kier molecular flexibility index (Phi) is 4.19. The minimum atomic E-state index is -0.636. The molecule has 3 heteroatoms. The molecule has 0 radical (unpaired) electrons. The van der Waals surface area contributed by atoms with Gasteiger partial charge in [-0.1, -0.05) is 27.7 Å². The van der Waals surface area contributed by atoms with E-state index < -0.39 is 6.10 Å². The fraction of sp³-hybridized carbons (Fsp3) is 0.529. The second-order valence-corrected chi connectivity index (χ2v) is 6.95. The van der Waals surface area contributed by atoms with Gasteiger partial charge < -0.3 is 9.52 Å². The number of hydrogen-bond donors (Lipinski definition) is 1. The Hall–Kier alpha value is -1.35. The Morgan fingerprint density at radius 2 is 1.95 bits per heavy atom. The lowest BCUT2D eigenvalue weighted by molar-refractivity contribution is 0.114. The molecule has 0 saturated heterocycles. The third-order valence-electron chi connectivity index (χ3n) is 3.41. The third kappa shape index (κ3) is 3.83. The second-order valence-electron chi connectivity index (χ2n) is 6.95. The highest BCUT2D eigenvalue weighted by atomic mass is 19.1. The van der Waals surface area contributed by atoms with Gasteiger partial charge in [-0.2, -0.15) is 0 Å². The van der Waals surface area contributed by atoms with Crippen molar-refractivity contribution in [3.8, 4) is 0 Å². The summed E-state index contributed by atoms with van der Waals surface area (Å²) in [5.41, 5.74) is 0.861. The van der Waals surface area contributed by atoms with Gasteiger partial charge >= 0.3 is 0 Å². The van der Waals surface area contributed by atoms with Gasteiger partial charge in [-0.3, -0.25) is 0 Å². The van der Waals surface area contributed by atoms with Crippen molar-refractivity contribution in [2.75, 3.05) is 0 Å². The molecule has 1 aromatic heterocycles. The molecule has 0 amide bonds. The molecule has 2 rings (SSSR count). The maximum Gasteiger partial charge on any atom is 0.134 e. The molecule has 2 nitrogen and oxygen atoms in total. The Morgan fingerprint density at radius 1 is 1.25 bits per heavy atom. The molecule has 1 heterocycles. The largest absolute Gasteiger partial charge is 0.458 e. The van der Waals surface area contributed by atoms with Gasteiger partial charge in [0.2, 0.25) is 0 Å². The molecular formula is C17H23FO2. The zero-order valence-corrected chi connectivity index (χ0v) is 12.6. The van der Waals surface area contributed by atoms with E-state index in [2.05, 4.69) is 27.7 Å². The van der Waals surface area contributed by atoms with Crippen LogP contribution in [0.1, 0.15) is 52.4 Å². The molecule has 2 unspecified atom stereocenters. The summed E-state index contributed by atoms with van der Waals surface area (Å²) in [6.45, 7) is 8.72. The molecule has 0 aliphatic rings. The Labute approximate surface area is 119 Å². The van der Waals surface area contributed by atoms with Gasteiger partial charge in [0.15, 0.2) is 0 Å². The van der Waals surface area contributed by atoms with Crippen LogP contribution in [0.25, 0.3) is 11.0 Å². The molecule has 0 aliphatic carbocycles. The van der Waals surface area contributed by atoms with Crippen LogP contribution in [-0.4, -0.2) is 5.11 Å². The van der Waals surface area contributed by atoms with E-state index in [0.717, 1.165) is 6.42 Å². The molecule has 1 N–H and O–H groups in total. The molecule has 0 saturated carbocycles. The van der Waals surface area contributed by atoms with Crippen molar-refractivity contribution in [1.29, 1.82) is 0 Å². The molecule has 1 aromatic carbocycles. The average Bonchev–Trinajstić information content (AvgIpc) is 2.68. The van der Waals surface area contributed by atoms with Crippen molar-refractivity contribution in [3.05, 3.63) is 35.8 Å². The highest BCUT2D eigenvalue weighted by Gasteiger charge is 2.21. The van der Waals surface area contributed by atoms with Crippen molar-refractivity contribution in [1.82, 2.24) is 0 Å².